The maximum absolute atomic E-state index is 11.0. The van der Waals surface area contributed by atoms with Gasteiger partial charge in [0.05, 0.1) is 29.9 Å². The van der Waals surface area contributed by atoms with E-state index in [1.165, 1.54) is 0 Å². The van der Waals surface area contributed by atoms with E-state index in [0.29, 0.717) is 25.6 Å². The van der Waals surface area contributed by atoms with E-state index in [-0.39, 0.29) is 6.61 Å². The van der Waals surface area contributed by atoms with Gasteiger partial charge in [0.2, 0.25) is 12.6 Å². The zero-order chi connectivity index (χ0) is 13.7. The largest absolute Gasteiger partial charge is 0.463 e. The molecule has 2 heterocycles. The molecular formula is C11H13BrN4O3. The van der Waals surface area contributed by atoms with Gasteiger partial charge in [0.25, 0.3) is 0 Å². The first-order valence-electron chi connectivity index (χ1n) is 5.75. The molecule has 0 bridgehead atoms. The van der Waals surface area contributed by atoms with Crippen molar-refractivity contribution in [1.29, 1.82) is 0 Å². The standard InChI is InChI=1S/C11H13BrN4O3/c1-2-18-10(17)7-19-15-9-5-16(6-9)11-13-3-8(12)4-14-11/h3-4H,2,5-7H2,1H3. The van der Waals surface area contributed by atoms with Crippen molar-refractivity contribution in [3.63, 3.8) is 0 Å². The summed E-state index contributed by atoms with van der Waals surface area (Å²) in [4.78, 5) is 26.2. The van der Waals surface area contributed by atoms with Gasteiger partial charge in [0, 0.05) is 12.4 Å². The van der Waals surface area contributed by atoms with Crippen molar-refractivity contribution in [3.05, 3.63) is 16.9 Å². The molecule has 1 aromatic heterocycles. The zero-order valence-corrected chi connectivity index (χ0v) is 12.0. The van der Waals surface area contributed by atoms with Crippen LogP contribution in [0.1, 0.15) is 6.92 Å². The predicted molar refractivity (Wildman–Crippen MR) is 72.0 cm³/mol. The van der Waals surface area contributed by atoms with Crippen molar-refractivity contribution in [2.75, 3.05) is 31.2 Å². The van der Waals surface area contributed by atoms with Gasteiger partial charge >= 0.3 is 5.97 Å². The summed E-state index contributed by atoms with van der Waals surface area (Å²) in [5, 5.41) is 3.85. The quantitative estimate of drug-likeness (QED) is 0.592. The lowest BCUT2D eigenvalue weighted by Crippen LogP contribution is -2.48. The molecule has 102 valence electrons. The molecule has 1 aromatic rings. The fraction of sp³-hybridized carbons (Fsp3) is 0.455. The van der Waals surface area contributed by atoms with Crippen molar-refractivity contribution in [1.82, 2.24) is 9.97 Å². The summed E-state index contributed by atoms with van der Waals surface area (Å²) in [7, 11) is 0. The van der Waals surface area contributed by atoms with Crippen molar-refractivity contribution < 1.29 is 14.4 Å². The van der Waals surface area contributed by atoms with Gasteiger partial charge in [-0.05, 0) is 22.9 Å². The second kappa shape index (κ2) is 6.46. The zero-order valence-electron chi connectivity index (χ0n) is 10.4. The third kappa shape index (κ3) is 3.88. The third-order valence-electron chi connectivity index (χ3n) is 2.32. The molecule has 0 unspecified atom stereocenters. The Hall–Kier alpha value is -1.70. The SMILES string of the molecule is CCOC(=O)CON=C1CN(c2ncc(Br)cn2)C1. The van der Waals surface area contributed by atoms with Gasteiger partial charge in [-0.15, -0.1) is 0 Å². The second-order valence-corrected chi connectivity index (χ2v) is 4.71. The number of ether oxygens (including phenoxy) is 1. The van der Waals surface area contributed by atoms with Gasteiger partial charge in [0.15, 0.2) is 0 Å². The molecule has 0 atom stereocenters. The van der Waals surface area contributed by atoms with Crippen LogP contribution in [0.15, 0.2) is 22.0 Å². The monoisotopic (exact) mass is 328 g/mol. The summed E-state index contributed by atoms with van der Waals surface area (Å²) >= 11 is 3.28. The summed E-state index contributed by atoms with van der Waals surface area (Å²) in [6.07, 6.45) is 3.38. The van der Waals surface area contributed by atoms with E-state index in [1.807, 2.05) is 4.90 Å². The van der Waals surface area contributed by atoms with Gasteiger partial charge < -0.3 is 14.5 Å². The summed E-state index contributed by atoms with van der Waals surface area (Å²) in [6, 6.07) is 0. The number of hydrogen-bond donors (Lipinski definition) is 0. The molecule has 1 aliphatic rings. The molecule has 19 heavy (non-hydrogen) atoms. The average molecular weight is 329 g/mol. The van der Waals surface area contributed by atoms with Gasteiger partial charge in [-0.25, -0.2) is 14.8 Å². The highest BCUT2D eigenvalue weighted by atomic mass is 79.9. The minimum Gasteiger partial charge on any atom is -0.463 e. The average Bonchev–Trinajstić information content (AvgIpc) is 2.34. The van der Waals surface area contributed by atoms with Crippen LogP contribution in [-0.4, -0.2) is 48.0 Å². The first kappa shape index (κ1) is 13.7. The van der Waals surface area contributed by atoms with Crippen LogP contribution in [-0.2, 0) is 14.4 Å². The Balaban J connectivity index is 1.73. The molecule has 2 rings (SSSR count). The van der Waals surface area contributed by atoms with Crippen molar-refractivity contribution in [3.8, 4) is 0 Å². The van der Waals surface area contributed by atoms with Crippen LogP contribution in [0, 0.1) is 0 Å². The molecule has 8 heteroatoms. The van der Waals surface area contributed by atoms with Crippen LogP contribution < -0.4 is 4.90 Å². The smallest absolute Gasteiger partial charge is 0.347 e. The number of anilines is 1. The fourth-order valence-electron chi connectivity index (χ4n) is 1.44. The van der Waals surface area contributed by atoms with Gasteiger partial charge in [-0.2, -0.15) is 0 Å². The van der Waals surface area contributed by atoms with Crippen LogP contribution in [0.25, 0.3) is 0 Å². The first-order chi connectivity index (χ1) is 9.19. The molecule has 0 spiro atoms. The second-order valence-electron chi connectivity index (χ2n) is 3.79. The molecule has 0 N–H and O–H groups in total. The van der Waals surface area contributed by atoms with E-state index >= 15 is 0 Å². The van der Waals surface area contributed by atoms with Crippen LogP contribution in [0.3, 0.4) is 0 Å². The van der Waals surface area contributed by atoms with Crippen molar-refractivity contribution in [2.45, 2.75) is 6.92 Å². The Morgan fingerprint density at radius 1 is 1.47 bits per heavy atom. The Morgan fingerprint density at radius 2 is 2.16 bits per heavy atom. The number of halogens is 1. The van der Waals surface area contributed by atoms with E-state index < -0.39 is 5.97 Å². The maximum atomic E-state index is 11.0. The number of hydrogen-bond acceptors (Lipinski definition) is 7. The lowest BCUT2D eigenvalue weighted by Gasteiger charge is -2.31. The first-order valence-corrected chi connectivity index (χ1v) is 6.54. The highest BCUT2D eigenvalue weighted by Crippen LogP contribution is 2.15. The lowest BCUT2D eigenvalue weighted by atomic mass is 10.2. The number of rotatable bonds is 5. The van der Waals surface area contributed by atoms with Crippen LogP contribution in [0.5, 0.6) is 0 Å². The van der Waals surface area contributed by atoms with E-state index in [9.17, 15) is 4.79 Å². The topological polar surface area (TPSA) is 76.9 Å². The Morgan fingerprint density at radius 3 is 2.79 bits per heavy atom. The number of nitrogens with zero attached hydrogens (tertiary/aromatic N) is 4. The Kier molecular flexibility index (Phi) is 4.67. The number of oxime groups is 1. The molecular weight excluding hydrogens is 316 g/mol. The van der Waals surface area contributed by atoms with E-state index in [2.05, 4.69) is 31.1 Å². The molecule has 7 nitrogen and oxygen atoms in total. The van der Waals surface area contributed by atoms with Crippen molar-refractivity contribution in [2.24, 2.45) is 5.16 Å². The molecule has 0 aromatic carbocycles. The normalized spacial score (nSPS) is 13.8. The van der Waals surface area contributed by atoms with Gasteiger partial charge in [-0.1, -0.05) is 5.16 Å². The fourth-order valence-corrected chi connectivity index (χ4v) is 1.65. The molecule has 1 fully saturated rings. The van der Waals surface area contributed by atoms with Crippen molar-refractivity contribution >= 4 is 33.6 Å². The molecule has 1 aliphatic heterocycles. The lowest BCUT2D eigenvalue weighted by molar-refractivity contribution is -0.148. The predicted octanol–water partition coefficient (Wildman–Crippen LogP) is 0.995. The number of esters is 1. The van der Waals surface area contributed by atoms with Gasteiger partial charge in [0.1, 0.15) is 0 Å². The van der Waals surface area contributed by atoms with Crippen LogP contribution in [0.2, 0.25) is 0 Å². The highest BCUT2D eigenvalue weighted by molar-refractivity contribution is 9.10. The summed E-state index contributed by atoms with van der Waals surface area (Å²) in [5.74, 6) is 0.229. The number of carbonyl (C=O) groups is 1. The molecule has 0 amide bonds. The third-order valence-corrected chi connectivity index (χ3v) is 2.73. The Labute approximate surface area is 118 Å². The maximum Gasteiger partial charge on any atom is 0.347 e. The van der Waals surface area contributed by atoms with Crippen LogP contribution in [0.4, 0.5) is 5.95 Å². The molecule has 0 radical (unpaired) electrons. The molecule has 1 saturated heterocycles. The molecule has 0 aliphatic carbocycles. The van der Waals surface area contributed by atoms with Crippen LogP contribution >= 0.6 is 15.9 Å². The van der Waals surface area contributed by atoms with E-state index in [1.54, 1.807) is 19.3 Å². The summed E-state index contributed by atoms with van der Waals surface area (Å²) in [6.45, 7) is 3.13. The van der Waals surface area contributed by atoms with E-state index in [4.69, 9.17) is 9.57 Å². The molecule has 0 saturated carbocycles. The highest BCUT2D eigenvalue weighted by Gasteiger charge is 2.24. The number of aromatic nitrogens is 2. The van der Waals surface area contributed by atoms with Gasteiger partial charge in [-0.3, -0.25) is 0 Å². The summed E-state index contributed by atoms with van der Waals surface area (Å²) < 4.78 is 5.55. The summed E-state index contributed by atoms with van der Waals surface area (Å²) in [5.41, 5.74) is 0.843. The Bertz CT molecular complexity index is 469. The number of carbonyl (C=O) groups excluding carboxylic acids is 1. The minimum absolute atomic E-state index is 0.161. The van der Waals surface area contributed by atoms with E-state index in [0.717, 1.165) is 10.2 Å². The minimum atomic E-state index is -0.417.